The third-order valence-corrected chi connectivity index (χ3v) is 3.39. The van der Waals surface area contributed by atoms with E-state index in [0.29, 0.717) is 6.04 Å². The number of hydrogen-bond donors (Lipinski definition) is 2. The monoisotopic (exact) mass is 230 g/mol. The standard InChI is InChI=1S/C14H18N2O/c1-2-7-15-12(3-1)10-17-13-5-4-11-6-8-16-14(11)9-13/h4-6,8-9,12,15-16H,1-3,7,10H2. The molecule has 2 N–H and O–H groups in total. The highest BCUT2D eigenvalue weighted by Gasteiger charge is 2.12. The van der Waals surface area contributed by atoms with Gasteiger partial charge in [-0.25, -0.2) is 0 Å². The van der Waals surface area contributed by atoms with Crippen LogP contribution in [0.1, 0.15) is 19.3 Å². The van der Waals surface area contributed by atoms with Crippen molar-refractivity contribution in [3.05, 3.63) is 30.5 Å². The van der Waals surface area contributed by atoms with Gasteiger partial charge < -0.3 is 15.0 Å². The second-order valence-electron chi connectivity index (χ2n) is 4.68. The van der Waals surface area contributed by atoms with Crippen molar-refractivity contribution in [2.45, 2.75) is 25.3 Å². The van der Waals surface area contributed by atoms with Gasteiger partial charge in [-0.2, -0.15) is 0 Å². The van der Waals surface area contributed by atoms with Crippen molar-refractivity contribution in [3.8, 4) is 5.75 Å². The molecule has 1 fully saturated rings. The predicted molar refractivity (Wildman–Crippen MR) is 69.4 cm³/mol. The normalized spacial score (nSPS) is 20.6. The fourth-order valence-electron chi connectivity index (χ4n) is 2.38. The maximum Gasteiger partial charge on any atom is 0.121 e. The SMILES string of the molecule is c1cc2ccc(OCC3CCCCN3)cc2[nH]1. The molecule has 2 heterocycles. The van der Waals surface area contributed by atoms with E-state index in [4.69, 9.17) is 4.74 Å². The summed E-state index contributed by atoms with van der Waals surface area (Å²) in [6.45, 7) is 1.90. The van der Waals surface area contributed by atoms with Crippen LogP contribution in [0.25, 0.3) is 10.9 Å². The van der Waals surface area contributed by atoms with Crippen LogP contribution >= 0.6 is 0 Å². The summed E-state index contributed by atoms with van der Waals surface area (Å²) in [6, 6.07) is 8.79. The van der Waals surface area contributed by atoms with Crippen LogP contribution in [0.2, 0.25) is 0 Å². The van der Waals surface area contributed by atoms with Gasteiger partial charge in [0.1, 0.15) is 12.4 Å². The van der Waals surface area contributed by atoms with Gasteiger partial charge in [0.25, 0.3) is 0 Å². The molecule has 90 valence electrons. The molecule has 3 heteroatoms. The number of rotatable bonds is 3. The Bertz CT molecular complexity index is 486. The summed E-state index contributed by atoms with van der Waals surface area (Å²) in [7, 11) is 0. The molecule has 0 aliphatic carbocycles. The second-order valence-corrected chi connectivity index (χ2v) is 4.68. The van der Waals surface area contributed by atoms with E-state index in [9.17, 15) is 0 Å². The molecule has 1 aliphatic heterocycles. The number of hydrogen-bond acceptors (Lipinski definition) is 2. The minimum Gasteiger partial charge on any atom is -0.492 e. The first-order valence-electron chi connectivity index (χ1n) is 6.35. The van der Waals surface area contributed by atoms with Crippen molar-refractivity contribution in [1.29, 1.82) is 0 Å². The number of benzene rings is 1. The van der Waals surface area contributed by atoms with Crippen molar-refractivity contribution in [1.82, 2.24) is 10.3 Å². The average molecular weight is 230 g/mol. The largest absolute Gasteiger partial charge is 0.492 e. The first kappa shape index (κ1) is 10.7. The highest BCUT2D eigenvalue weighted by atomic mass is 16.5. The van der Waals surface area contributed by atoms with E-state index in [1.165, 1.54) is 24.6 Å². The Labute approximate surface area is 101 Å². The molecule has 0 saturated carbocycles. The van der Waals surface area contributed by atoms with E-state index < -0.39 is 0 Å². The lowest BCUT2D eigenvalue weighted by Gasteiger charge is -2.23. The zero-order valence-corrected chi connectivity index (χ0v) is 9.91. The first-order chi connectivity index (χ1) is 8.42. The fraction of sp³-hybridized carbons (Fsp3) is 0.429. The molecule has 3 rings (SSSR count). The summed E-state index contributed by atoms with van der Waals surface area (Å²) in [5.41, 5.74) is 1.14. The van der Waals surface area contributed by atoms with Crippen LogP contribution in [0.5, 0.6) is 5.75 Å². The van der Waals surface area contributed by atoms with Crippen molar-refractivity contribution in [2.24, 2.45) is 0 Å². The number of piperidine rings is 1. The molecule has 0 bridgehead atoms. The van der Waals surface area contributed by atoms with Crippen molar-refractivity contribution in [3.63, 3.8) is 0 Å². The number of aromatic amines is 1. The van der Waals surface area contributed by atoms with Crippen LogP contribution in [0, 0.1) is 0 Å². The Balaban J connectivity index is 1.63. The van der Waals surface area contributed by atoms with Crippen LogP contribution in [-0.2, 0) is 0 Å². The van der Waals surface area contributed by atoms with Crippen LogP contribution in [0.3, 0.4) is 0 Å². The second kappa shape index (κ2) is 4.80. The number of aromatic nitrogens is 1. The number of fused-ring (bicyclic) bond motifs is 1. The van der Waals surface area contributed by atoms with Gasteiger partial charge in [-0.05, 0) is 43.0 Å². The summed E-state index contributed by atoms with van der Waals surface area (Å²) in [6.07, 6.45) is 5.80. The molecule has 1 atom stereocenters. The summed E-state index contributed by atoms with van der Waals surface area (Å²) >= 11 is 0. The minimum absolute atomic E-state index is 0.517. The fourth-order valence-corrected chi connectivity index (χ4v) is 2.38. The lowest BCUT2D eigenvalue weighted by Crippen LogP contribution is -2.38. The highest BCUT2D eigenvalue weighted by molar-refractivity contribution is 5.80. The smallest absolute Gasteiger partial charge is 0.121 e. The highest BCUT2D eigenvalue weighted by Crippen LogP contribution is 2.20. The molecule has 3 nitrogen and oxygen atoms in total. The molecular formula is C14H18N2O. The van der Waals surface area contributed by atoms with Crippen LogP contribution in [-0.4, -0.2) is 24.2 Å². The maximum atomic E-state index is 5.84. The number of H-pyrrole nitrogens is 1. The lowest BCUT2D eigenvalue weighted by atomic mass is 10.1. The minimum atomic E-state index is 0.517. The molecule has 2 aromatic rings. The van der Waals surface area contributed by atoms with Gasteiger partial charge in [-0.15, -0.1) is 0 Å². The topological polar surface area (TPSA) is 37.0 Å². The van der Waals surface area contributed by atoms with Crippen molar-refractivity contribution < 1.29 is 4.74 Å². The molecule has 1 aromatic heterocycles. The lowest BCUT2D eigenvalue weighted by molar-refractivity contribution is 0.239. The Morgan fingerprint density at radius 2 is 2.24 bits per heavy atom. The molecule has 0 radical (unpaired) electrons. The zero-order valence-electron chi connectivity index (χ0n) is 9.91. The summed E-state index contributed by atoms with van der Waals surface area (Å²) < 4.78 is 5.84. The Hall–Kier alpha value is -1.48. The van der Waals surface area contributed by atoms with E-state index in [1.54, 1.807) is 0 Å². The van der Waals surface area contributed by atoms with Gasteiger partial charge in [-0.1, -0.05) is 6.42 Å². The number of ether oxygens (including phenoxy) is 1. The van der Waals surface area contributed by atoms with Gasteiger partial charge in [-0.3, -0.25) is 0 Å². The van der Waals surface area contributed by atoms with E-state index in [0.717, 1.165) is 24.4 Å². The van der Waals surface area contributed by atoms with Crippen LogP contribution in [0.15, 0.2) is 30.5 Å². The average Bonchev–Trinajstić information content (AvgIpc) is 2.85. The summed E-state index contributed by atoms with van der Waals surface area (Å²) in [5.74, 6) is 0.951. The molecule has 1 aromatic carbocycles. The Morgan fingerprint density at radius 1 is 1.24 bits per heavy atom. The molecule has 0 amide bonds. The Kier molecular flexibility index (Phi) is 3.01. The Morgan fingerprint density at radius 3 is 3.12 bits per heavy atom. The third-order valence-electron chi connectivity index (χ3n) is 3.39. The van der Waals surface area contributed by atoms with E-state index >= 15 is 0 Å². The van der Waals surface area contributed by atoms with E-state index in [1.807, 2.05) is 12.3 Å². The van der Waals surface area contributed by atoms with Crippen molar-refractivity contribution in [2.75, 3.05) is 13.2 Å². The van der Waals surface area contributed by atoms with Gasteiger partial charge in [0.05, 0.1) is 0 Å². The first-order valence-corrected chi connectivity index (χ1v) is 6.35. The zero-order chi connectivity index (χ0) is 11.5. The third kappa shape index (κ3) is 2.44. The van der Waals surface area contributed by atoms with Gasteiger partial charge in [0.2, 0.25) is 0 Å². The summed E-state index contributed by atoms with van der Waals surface area (Å²) in [4.78, 5) is 3.20. The summed E-state index contributed by atoms with van der Waals surface area (Å²) in [5, 5.41) is 4.72. The predicted octanol–water partition coefficient (Wildman–Crippen LogP) is 2.69. The quantitative estimate of drug-likeness (QED) is 0.850. The van der Waals surface area contributed by atoms with E-state index in [2.05, 4.69) is 28.5 Å². The number of nitrogens with one attached hydrogen (secondary N) is 2. The molecule has 1 unspecified atom stereocenters. The van der Waals surface area contributed by atoms with Gasteiger partial charge in [0, 0.05) is 23.8 Å². The molecule has 17 heavy (non-hydrogen) atoms. The molecule has 1 saturated heterocycles. The van der Waals surface area contributed by atoms with Gasteiger partial charge in [0.15, 0.2) is 0 Å². The molecular weight excluding hydrogens is 212 g/mol. The van der Waals surface area contributed by atoms with Gasteiger partial charge >= 0.3 is 0 Å². The molecule has 0 spiro atoms. The van der Waals surface area contributed by atoms with Crippen LogP contribution < -0.4 is 10.1 Å². The van der Waals surface area contributed by atoms with Crippen LogP contribution in [0.4, 0.5) is 0 Å². The van der Waals surface area contributed by atoms with E-state index in [-0.39, 0.29) is 0 Å². The molecule has 1 aliphatic rings. The van der Waals surface area contributed by atoms with Crippen molar-refractivity contribution >= 4 is 10.9 Å². The maximum absolute atomic E-state index is 5.84.